The largest absolute Gasteiger partial charge is 0.444 e. The van der Waals surface area contributed by atoms with Crippen molar-refractivity contribution in [3.8, 4) is 0 Å². The van der Waals surface area contributed by atoms with E-state index in [0.717, 1.165) is 19.5 Å². The maximum atomic E-state index is 12.3. The normalized spacial score (nSPS) is 13.9. The van der Waals surface area contributed by atoms with Gasteiger partial charge in [0.05, 0.1) is 0 Å². The van der Waals surface area contributed by atoms with Crippen LogP contribution >= 0.6 is 11.8 Å². The molecule has 0 saturated heterocycles. The predicted octanol–water partition coefficient (Wildman–Crippen LogP) is 3.75. The Morgan fingerprint density at radius 2 is 1.76 bits per heavy atom. The molecule has 0 radical (unpaired) electrons. The van der Waals surface area contributed by atoms with E-state index in [2.05, 4.69) is 18.5 Å². The number of hydrogen-bond acceptors (Lipinski definition) is 4. The average molecular weight is 319 g/mol. The number of nitrogens with one attached hydrogen (secondary N) is 1. The second-order valence-corrected chi connectivity index (χ2v) is 8.66. The van der Waals surface area contributed by atoms with Gasteiger partial charge in [-0.05, 0) is 60.8 Å². The van der Waals surface area contributed by atoms with Gasteiger partial charge in [-0.1, -0.05) is 6.92 Å². The van der Waals surface area contributed by atoms with E-state index in [4.69, 9.17) is 4.74 Å². The van der Waals surface area contributed by atoms with E-state index in [1.54, 1.807) is 4.90 Å². The van der Waals surface area contributed by atoms with Gasteiger partial charge >= 0.3 is 6.09 Å². The van der Waals surface area contributed by atoms with Crippen LogP contribution in [0, 0.1) is 0 Å². The zero-order valence-corrected chi connectivity index (χ0v) is 15.9. The minimum absolute atomic E-state index is 0.240. The van der Waals surface area contributed by atoms with Gasteiger partial charge in [-0.2, -0.15) is 11.8 Å². The molecule has 1 atom stereocenters. The Labute approximate surface area is 135 Å². The molecule has 0 bridgehead atoms. The van der Waals surface area contributed by atoms with E-state index in [1.807, 2.05) is 53.3 Å². The number of thioether (sulfide) groups is 1. The molecule has 0 aromatic carbocycles. The third-order valence-corrected chi connectivity index (χ3v) is 4.11. The zero-order chi connectivity index (χ0) is 16.7. The summed E-state index contributed by atoms with van der Waals surface area (Å²) in [5.41, 5.74) is -0.696. The molecule has 0 aliphatic rings. The lowest BCUT2D eigenvalue weighted by atomic mass is 10.1. The number of hydrogen-bond donors (Lipinski definition) is 1. The fourth-order valence-electron chi connectivity index (χ4n) is 1.76. The van der Waals surface area contributed by atoms with Crippen LogP contribution in [0.4, 0.5) is 4.79 Å². The standard InChI is InChI=1S/C16H34N2O2S/c1-13(21-8)9-10-17-11-12-18(15(2,3)4)14(19)20-16(5,6)7/h13,17H,9-12H2,1-8H3. The molecule has 0 fully saturated rings. The van der Waals surface area contributed by atoms with E-state index in [9.17, 15) is 4.79 Å². The molecule has 0 aliphatic carbocycles. The molecule has 0 spiro atoms. The van der Waals surface area contributed by atoms with Crippen LogP contribution < -0.4 is 5.32 Å². The highest BCUT2D eigenvalue weighted by Crippen LogP contribution is 2.18. The van der Waals surface area contributed by atoms with Crippen LogP contribution in [0.3, 0.4) is 0 Å². The summed E-state index contributed by atoms with van der Waals surface area (Å²) in [6.45, 7) is 16.5. The zero-order valence-electron chi connectivity index (χ0n) is 15.1. The molecule has 5 heteroatoms. The summed E-state index contributed by atoms with van der Waals surface area (Å²) >= 11 is 1.88. The van der Waals surface area contributed by atoms with Gasteiger partial charge in [0, 0.05) is 23.9 Å². The molecule has 1 N–H and O–H groups in total. The van der Waals surface area contributed by atoms with Crippen molar-refractivity contribution in [2.45, 2.75) is 71.3 Å². The Hall–Kier alpha value is -0.420. The molecule has 0 heterocycles. The Morgan fingerprint density at radius 1 is 1.19 bits per heavy atom. The van der Waals surface area contributed by atoms with Gasteiger partial charge < -0.3 is 15.0 Å². The maximum Gasteiger partial charge on any atom is 0.410 e. The van der Waals surface area contributed by atoms with Crippen LogP contribution in [0.15, 0.2) is 0 Å². The van der Waals surface area contributed by atoms with Crippen molar-refractivity contribution >= 4 is 17.9 Å². The van der Waals surface area contributed by atoms with Gasteiger partial charge in [0.2, 0.25) is 0 Å². The second-order valence-electron chi connectivity index (χ2n) is 7.39. The lowest BCUT2D eigenvalue weighted by Crippen LogP contribution is -2.50. The first-order valence-electron chi connectivity index (χ1n) is 7.71. The highest BCUT2D eigenvalue weighted by molar-refractivity contribution is 7.99. The van der Waals surface area contributed by atoms with Gasteiger partial charge in [0.1, 0.15) is 5.60 Å². The number of nitrogens with zero attached hydrogens (tertiary/aromatic N) is 1. The Bertz CT molecular complexity index is 308. The van der Waals surface area contributed by atoms with Crippen molar-refractivity contribution in [3.63, 3.8) is 0 Å². The monoisotopic (exact) mass is 318 g/mol. The van der Waals surface area contributed by atoms with Crippen molar-refractivity contribution < 1.29 is 9.53 Å². The van der Waals surface area contributed by atoms with Crippen LogP contribution in [-0.4, -0.2) is 53.3 Å². The van der Waals surface area contributed by atoms with Gasteiger partial charge in [0.15, 0.2) is 0 Å². The van der Waals surface area contributed by atoms with Crippen LogP contribution in [-0.2, 0) is 4.74 Å². The minimum Gasteiger partial charge on any atom is -0.444 e. The summed E-state index contributed by atoms with van der Waals surface area (Å²) in [7, 11) is 0. The number of amides is 1. The third-order valence-electron chi connectivity index (χ3n) is 3.07. The quantitative estimate of drug-likeness (QED) is 0.726. The van der Waals surface area contributed by atoms with Crippen molar-refractivity contribution in [2.24, 2.45) is 0 Å². The molecule has 0 saturated carbocycles. The minimum atomic E-state index is -0.457. The number of carbonyl (C=O) groups excluding carboxylic acids is 1. The Balaban J connectivity index is 4.31. The number of carbonyl (C=O) groups is 1. The fraction of sp³-hybridized carbons (Fsp3) is 0.938. The molecule has 1 amide bonds. The van der Waals surface area contributed by atoms with Gasteiger partial charge in [0.25, 0.3) is 0 Å². The second kappa shape index (κ2) is 8.89. The average Bonchev–Trinajstić information content (AvgIpc) is 2.28. The molecule has 4 nitrogen and oxygen atoms in total. The van der Waals surface area contributed by atoms with E-state index in [1.165, 1.54) is 0 Å². The van der Waals surface area contributed by atoms with Gasteiger partial charge in [-0.3, -0.25) is 0 Å². The summed E-state index contributed by atoms with van der Waals surface area (Å²) in [6, 6.07) is 0. The van der Waals surface area contributed by atoms with Crippen LogP contribution in [0.1, 0.15) is 54.9 Å². The highest BCUT2D eigenvalue weighted by atomic mass is 32.2. The lowest BCUT2D eigenvalue weighted by Gasteiger charge is -2.37. The first kappa shape index (κ1) is 20.6. The molecular formula is C16H34N2O2S. The van der Waals surface area contributed by atoms with E-state index in [0.29, 0.717) is 11.8 Å². The predicted molar refractivity (Wildman–Crippen MR) is 93.2 cm³/mol. The first-order valence-corrected chi connectivity index (χ1v) is 9.00. The first-order chi connectivity index (χ1) is 9.47. The summed E-state index contributed by atoms with van der Waals surface area (Å²) in [5.74, 6) is 0. The van der Waals surface area contributed by atoms with Crippen molar-refractivity contribution in [3.05, 3.63) is 0 Å². The molecule has 0 rings (SSSR count). The Morgan fingerprint density at radius 3 is 2.19 bits per heavy atom. The number of ether oxygens (including phenoxy) is 1. The van der Waals surface area contributed by atoms with Crippen molar-refractivity contribution in [1.82, 2.24) is 10.2 Å². The third kappa shape index (κ3) is 10.0. The smallest absolute Gasteiger partial charge is 0.410 e. The topological polar surface area (TPSA) is 41.6 Å². The van der Waals surface area contributed by atoms with E-state index < -0.39 is 5.60 Å². The molecule has 0 aromatic rings. The molecule has 0 aromatic heterocycles. The van der Waals surface area contributed by atoms with Gasteiger partial charge in [-0.15, -0.1) is 0 Å². The van der Waals surface area contributed by atoms with Crippen molar-refractivity contribution in [2.75, 3.05) is 25.9 Å². The van der Waals surface area contributed by atoms with E-state index in [-0.39, 0.29) is 11.6 Å². The van der Waals surface area contributed by atoms with Crippen LogP contribution in [0.2, 0.25) is 0 Å². The highest BCUT2D eigenvalue weighted by Gasteiger charge is 2.30. The maximum absolute atomic E-state index is 12.3. The molecular weight excluding hydrogens is 284 g/mol. The van der Waals surface area contributed by atoms with Crippen molar-refractivity contribution in [1.29, 1.82) is 0 Å². The SMILES string of the molecule is CSC(C)CCNCCN(C(=O)OC(C)(C)C)C(C)(C)C. The molecule has 21 heavy (non-hydrogen) atoms. The number of rotatable bonds is 7. The summed E-state index contributed by atoms with van der Waals surface area (Å²) in [6.07, 6.45) is 3.03. The summed E-state index contributed by atoms with van der Waals surface area (Å²) < 4.78 is 5.49. The molecule has 126 valence electrons. The van der Waals surface area contributed by atoms with E-state index >= 15 is 0 Å². The van der Waals surface area contributed by atoms with Crippen LogP contribution in [0.5, 0.6) is 0 Å². The summed E-state index contributed by atoms with van der Waals surface area (Å²) in [5, 5.41) is 4.08. The summed E-state index contributed by atoms with van der Waals surface area (Å²) in [4.78, 5) is 14.1. The molecule has 1 unspecified atom stereocenters. The Kier molecular flexibility index (Phi) is 8.71. The van der Waals surface area contributed by atoms with Gasteiger partial charge in [-0.25, -0.2) is 4.79 Å². The lowest BCUT2D eigenvalue weighted by molar-refractivity contribution is 0.00666. The van der Waals surface area contributed by atoms with Crippen LogP contribution in [0.25, 0.3) is 0 Å². The molecule has 0 aliphatic heterocycles. The fourth-order valence-corrected chi connectivity index (χ4v) is 2.11.